The first-order valence-electron chi connectivity index (χ1n) is 12.4. The Morgan fingerprint density at radius 1 is 1.12 bits per heavy atom. The Morgan fingerprint density at radius 3 is 2.29 bits per heavy atom. The van der Waals surface area contributed by atoms with Gasteiger partial charge >= 0.3 is 6.09 Å². The summed E-state index contributed by atoms with van der Waals surface area (Å²) in [4.78, 5) is 41.2. The molecule has 0 radical (unpaired) electrons. The lowest BCUT2D eigenvalue weighted by Crippen LogP contribution is -2.54. The van der Waals surface area contributed by atoms with E-state index in [4.69, 9.17) is 4.74 Å². The van der Waals surface area contributed by atoms with Crippen LogP contribution in [0.2, 0.25) is 0 Å². The van der Waals surface area contributed by atoms with E-state index in [1.54, 1.807) is 50.8 Å². The number of hydrogen-bond donors (Lipinski definition) is 3. The second-order valence-electron chi connectivity index (χ2n) is 10.7. The molecule has 2 fully saturated rings. The molecule has 34 heavy (non-hydrogen) atoms. The number of alkyl carbamates (subject to hydrolysis) is 1. The van der Waals surface area contributed by atoms with Crippen molar-refractivity contribution >= 4 is 17.9 Å². The fourth-order valence-electron chi connectivity index (χ4n) is 4.61. The van der Waals surface area contributed by atoms with Gasteiger partial charge in [-0.25, -0.2) is 4.79 Å². The molecular formula is C26H39N3O5. The molecule has 2 aliphatic carbocycles. The summed E-state index contributed by atoms with van der Waals surface area (Å²) in [5.41, 5.74) is -0.316. The highest BCUT2D eigenvalue weighted by Crippen LogP contribution is 2.42. The lowest BCUT2D eigenvalue weighted by molar-refractivity contribution is -0.143. The fourth-order valence-corrected chi connectivity index (χ4v) is 4.61. The number of hydrogen-bond acceptors (Lipinski definition) is 5. The van der Waals surface area contributed by atoms with Crippen molar-refractivity contribution in [2.45, 2.75) is 103 Å². The quantitative estimate of drug-likeness (QED) is 0.554. The highest BCUT2D eigenvalue weighted by Gasteiger charge is 2.48. The maximum Gasteiger partial charge on any atom is 0.408 e. The number of phenolic OH excluding ortho intramolecular Hbond substituents is 1. The van der Waals surface area contributed by atoms with Crippen LogP contribution in [0.15, 0.2) is 24.3 Å². The minimum Gasteiger partial charge on any atom is -0.508 e. The van der Waals surface area contributed by atoms with Crippen LogP contribution >= 0.6 is 0 Å². The molecule has 2 aliphatic rings. The van der Waals surface area contributed by atoms with Gasteiger partial charge in [-0.3, -0.25) is 9.59 Å². The molecule has 4 atom stereocenters. The first-order valence-corrected chi connectivity index (χ1v) is 12.4. The Bertz CT molecular complexity index is 891. The molecule has 3 N–H and O–H groups in total. The lowest BCUT2D eigenvalue weighted by atomic mass is 9.94. The van der Waals surface area contributed by atoms with E-state index in [0.717, 1.165) is 38.5 Å². The second-order valence-corrected chi connectivity index (χ2v) is 10.7. The standard InChI is InChI=1S/C26H39N3O5/c1-16-15-20(16)29(24(32)17(2)27-25(33)34-26(3,4)5)22(19-13-9-10-14-21(19)30)23(31)28-18-11-7-6-8-12-18/h9-10,13-14,16-18,20,22,30H,6-8,11-12,15H2,1-5H3,(H,27,33)(H,28,31). The molecular weight excluding hydrogens is 434 g/mol. The molecule has 1 aromatic carbocycles. The summed E-state index contributed by atoms with van der Waals surface area (Å²) in [6.45, 7) is 8.87. The van der Waals surface area contributed by atoms with Crippen molar-refractivity contribution in [1.82, 2.24) is 15.5 Å². The van der Waals surface area contributed by atoms with Gasteiger partial charge in [-0.2, -0.15) is 0 Å². The number of aromatic hydroxyl groups is 1. The number of nitrogens with one attached hydrogen (secondary N) is 2. The summed E-state index contributed by atoms with van der Waals surface area (Å²) in [6.07, 6.45) is 5.16. The SMILES string of the molecule is CC(NC(=O)OC(C)(C)C)C(=O)N(C(C(=O)NC1CCCCC1)c1ccccc1O)C1CC1C. The number of rotatable bonds is 7. The number of para-hydroxylation sites is 1. The van der Waals surface area contributed by atoms with Crippen LogP contribution in [0, 0.1) is 5.92 Å². The Balaban J connectivity index is 1.89. The van der Waals surface area contributed by atoms with Crippen molar-refractivity contribution < 1.29 is 24.2 Å². The zero-order valence-corrected chi connectivity index (χ0v) is 21.0. The van der Waals surface area contributed by atoms with Gasteiger partial charge in [0.15, 0.2) is 0 Å². The molecule has 0 heterocycles. The first-order chi connectivity index (χ1) is 16.0. The van der Waals surface area contributed by atoms with Crippen molar-refractivity contribution in [3.63, 3.8) is 0 Å². The van der Waals surface area contributed by atoms with Gasteiger partial charge in [0.1, 0.15) is 23.4 Å². The van der Waals surface area contributed by atoms with Gasteiger partial charge in [-0.1, -0.05) is 44.4 Å². The molecule has 4 unspecified atom stereocenters. The molecule has 8 heteroatoms. The van der Waals surface area contributed by atoms with Gasteiger partial charge in [0.25, 0.3) is 0 Å². The second kappa shape index (κ2) is 10.7. The van der Waals surface area contributed by atoms with Crippen LogP contribution in [-0.4, -0.2) is 51.6 Å². The van der Waals surface area contributed by atoms with E-state index in [-0.39, 0.29) is 35.6 Å². The maximum atomic E-state index is 13.7. The van der Waals surface area contributed by atoms with Crippen LogP contribution in [0.5, 0.6) is 5.75 Å². The number of amides is 3. The molecule has 1 aromatic rings. The highest BCUT2D eigenvalue weighted by molar-refractivity contribution is 5.93. The van der Waals surface area contributed by atoms with Crippen molar-refractivity contribution in [3.05, 3.63) is 29.8 Å². The summed E-state index contributed by atoms with van der Waals surface area (Å²) in [6, 6.07) is 4.65. The monoisotopic (exact) mass is 473 g/mol. The smallest absolute Gasteiger partial charge is 0.408 e. The zero-order valence-electron chi connectivity index (χ0n) is 21.0. The molecule has 0 spiro atoms. The average molecular weight is 474 g/mol. The largest absolute Gasteiger partial charge is 0.508 e. The molecule has 0 aromatic heterocycles. The van der Waals surface area contributed by atoms with Crippen LogP contribution in [-0.2, 0) is 14.3 Å². The van der Waals surface area contributed by atoms with E-state index in [1.165, 1.54) is 6.07 Å². The van der Waals surface area contributed by atoms with Crippen LogP contribution in [0.4, 0.5) is 4.79 Å². The lowest BCUT2D eigenvalue weighted by Gasteiger charge is -2.35. The minimum absolute atomic E-state index is 0.0369. The van der Waals surface area contributed by atoms with Crippen molar-refractivity contribution in [1.29, 1.82) is 0 Å². The number of benzene rings is 1. The Morgan fingerprint density at radius 2 is 1.74 bits per heavy atom. The molecule has 0 saturated heterocycles. The van der Waals surface area contributed by atoms with E-state index in [2.05, 4.69) is 10.6 Å². The van der Waals surface area contributed by atoms with Gasteiger partial charge < -0.3 is 25.4 Å². The van der Waals surface area contributed by atoms with Crippen LogP contribution in [0.3, 0.4) is 0 Å². The zero-order chi connectivity index (χ0) is 25.0. The third-order valence-electron chi connectivity index (χ3n) is 6.49. The number of carbonyl (C=O) groups excluding carboxylic acids is 3. The Labute approximate surface area is 202 Å². The van der Waals surface area contributed by atoms with Crippen LogP contribution in [0.1, 0.15) is 84.7 Å². The van der Waals surface area contributed by atoms with E-state index < -0.39 is 23.8 Å². The topological polar surface area (TPSA) is 108 Å². The fraction of sp³-hybridized carbons (Fsp3) is 0.654. The molecule has 2 saturated carbocycles. The maximum absolute atomic E-state index is 13.7. The Hall–Kier alpha value is -2.77. The predicted molar refractivity (Wildman–Crippen MR) is 129 cm³/mol. The summed E-state index contributed by atoms with van der Waals surface area (Å²) >= 11 is 0. The molecule has 3 amide bonds. The van der Waals surface area contributed by atoms with E-state index in [9.17, 15) is 19.5 Å². The van der Waals surface area contributed by atoms with Crippen molar-refractivity contribution in [2.75, 3.05) is 0 Å². The summed E-state index contributed by atoms with van der Waals surface area (Å²) in [5, 5.41) is 16.4. The molecule has 0 aliphatic heterocycles. The predicted octanol–water partition coefficient (Wildman–Crippen LogP) is 4.03. The number of ether oxygens (including phenoxy) is 1. The highest BCUT2D eigenvalue weighted by atomic mass is 16.6. The third kappa shape index (κ3) is 6.64. The third-order valence-corrected chi connectivity index (χ3v) is 6.49. The van der Waals surface area contributed by atoms with Crippen molar-refractivity contribution in [2.24, 2.45) is 5.92 Å². The average Bonchev–Trinajstić information content (AvgIpc) is 3.47. The molecule has 3 rings (SSSR count). The van der Waals surface area contributed by atoms with Crippen LogP contribution in [0.25, 0.3) is 0 Å². The van der Waals surface area contributed by atoms with E-state index in [1.807, 2.05) is 6.92 Å². The summed E-state index contributed by atoms with van der Waals surface area (Å²) < 4.78 is 5.31. The van der Waals surface area contributed by atoms with Gasteiger partial charge in [-0.05, 0) is 58.9 Å². The molecule has 0 bridgehead atoms. The van der Waals surface area contributed by atoms with Gasteiger partial charge in [0.2, 0.25) is 11.8 Å². The number of carbonyl (C=O) groups is 3. The van der Waals surface area contributed by atoms with Crippen LogP contribution < -0.4 is 10.6 Å². The summed E-state index contributed by atoms with van der Waals surface area (Å²) in [5.74, 6) is -0.503. The van der Waals surface area contributed by atoms with Gasteiger partial charge in [0.05, 0.1) is 0 Å². The Kier molecular flexibility index (Phi) is 8.10. The number of nitrogens with zero attached hydrogens (tertiary/aromatic N) is 1. The summed E-state index contributed by atoms with van der Waals surface area (Å²) in [7, 11) is 0. The van der Waals surface area contributed by atoms with Gasteiger partial charge in [-0.15, -0.1) is 0 Å². The van der Waals surface area contributed by atoms with E-state index in [0.29, 0.717) is 5.56 Å². The molecule has 188 valence electrons. The minimum atomic E-state index is -0.992. The number of phenols is 1. The first kappa shape index (κ1) is 25.8. The normalized spacial score (nSPS) is 22.3. The molecule has 8 nitrogen and oxygen atoms in total. The van der Waals surface area contributed by atoms with Crippen molar-refractivity contribution in [3.8, 4) is 5.75 Å². The van der Waals surface area contributed by atoms with E-state index >= 15 is 0 Å². The van der Waals surface area contributed by atoms with Gasteiger partial charge in [0, 0.05) is 17.6 Å².